The standard InChI is InChI=1S/C14H15F4N3/c15-11-4-9(3-10(5-11)14(16,17)18)12-6-20-13(19)21(12)7-8-1-2-8/h3-5,8,12H,1-2,6-7H2,(H2,19,20). The minimum atomic E-state index is -4.57. The summed E-state index contributed by atoms with van der Waals surface area (Å²) in [6, 6.07) is 2.21. The Balaban J connectivity index is 1.90. The summed E-state index contributed by atoms with van der Waals surface area (Å²) in [5, 5.41) is 0. The Kier molecular flexibility index (Phi) is 3.30. The summed E-state index contributed by atoms with van der Waals surface area (Å²) in [7, 11) is 0. The van der Waals surface area contributed by atoms with E-state index in [0.29, 0.717) is 24.5 Å². The lowest BCUT2D eigenvalue weighted by atomic mass is 10.0. The van der Waals surface area contributed by atoms with Crippen molar-refractivity contribution in [1.29, 1.82) is 0 Å². The van der Waals surface area contributed by atoms with Crippen molar-refractivity contribution in [2.24, 2.45) is 16.6 Å². The zero-order chi connectivity index (χ0) is 15.2. The normalized spacial score (nSPS) is 22.6. The van der Waals surface area contributed by atoms with E-state index in [9.17, 15) is 17.6 Å². The van der Waals surface area contributed by atoms with E-state index < -0.39 is 23.6 Å². The molecule has 1 aromatic carbocycles. The van der Waals surface area contributed by atoms with Gasteiger partial charge in [0.1, 0.15) is 5.82 Å². The number of aliphatic imine (C=N–C) groups is 1. The first-order chi connectivity index (χ1) is 9.84. The Morgan fingerprint density at radius 2 is 1.95 bits per heavy atom. The van der Waals surface area contributed by atoms with Crippen molar-refractivity contribution in [2.45, 2.75) is 25.1 Å². The van der Waals surface area contributed by atoms with Crippen LogP contribution in [0.3, 0.4) is 0 Å². The van der Waals surface area contributed by atoms with E-state index in [2.05, 4.69) is 4.99 Å². The van der Waals surface area contributed by atoms with E-state index in [0.717, 1.165) is 25.0 Å². The molecular weight excluding hydrogens is 286 g/mol. The number of rotatable bonds is 3. The van der Waals surface area contributed by atoms with Crippen molar-refractivity contribution in [1.82, 2.24) is 4.90 Å². The highest BCUT2D eigenvalue weighted by molar-refractivity contribution is 5.80. The molecule has 1 saturated carbocycles. The lowest BCUT2D eigenvalue weighted by molar-refractivity contribution is -0.137. The Hall–Kier alpha value is -1.79. The van der Waals surface area contributed by atoms with Crippen LogP contribution in [0.15, 0.2) is 23.2 Å². The predicted octanol–water partition coefficient (Wildman–Crippen LogP) is 2.93. The second-order valence-electron chi connectivity index (χ2n) is 5.58. The van der Waals surface area contributed by atoms with E-state index >= 15 is 0 Å². The number of nitrogens with two attached hydrogens (primary N) is 1. The van der Waals surface area contributed by atoms with Gasteiger partial charge < -0.3 is 10.6 Å². The smallest absolute Gasteiger partial charge is 0.370 e. The number of guanidine groups is 1. The van der Waals surface area contributed by atoms with Crippen LogP contribution in [0.1, 0.15) is 30.0 Å². The molecule has 21 heavy (non-hydrogen) atoms. The van der Waals surface area contributed by atoms with Crippen LogP contribution in [0, 0.1) is 11.7 Å². The van der Waals surface area contributed by atoms with Gasteiger partial charge in [0.2, 0.25) is 0 Å². The van der Waals surface area contributed by atoms with Crippen LogP contribution >= 0.6 is 0 Å². The summed E-state index contributed by atoms with van der Waals surface area (Å²) < 4.78 is 51.9. The number of nitrogens with zero attached hydrogens (tertiary/aromatic N) is 2. The summed E-state index contributed by atoms with van der Waals surface area (Å²) in [5.41, 5.74) is 5.10. The molecule has 1 fully saturated rings. The number of alkyl halides is 3. The van der Waals surface area contributed by atoms with Gasteiger partial charge in [-0.2, -0.15) is 13.2 Å². The summed E-state index contributed by atoms with van der Waals surface area (Å²) >= 11 is 0. The van der Waals surface area contributed by atoms with Crippen LogP contribution < -0.4 is 5.73 Å². The molecule has 0 saturated heterocycles. The lowest BCUT2D eigenvalue weighted by Gasteiger charge is -2.27. The fourth-order valence-corrected chi connectivity index (χ4v) is 2.58. The van der Waals surface area contributed by atoms with Crippen LogP contribution in [0.5, 0.6) is 0 Å². The van der Waals surface area contributed by atoms with E-state index in [1.807, 2.05) is 0 Å². The fraction of sp³-hybridized carbons (Fsp3) is 0.500. The average molecular weight is 301 g/mol. The van der Waals surface area contributed by atoms with Gasteiger partial charge in [0.15, 0.2) is 5.96 Å². The molecule has 1 unspecified atom stereocenters. The van der Waals surface area contributed by atoms with Gasteiger partial charge in [-0.1, -0.05) is 0 Å². The van der Waals surface area contributed by atoms with Crippen LogP contribution in [0.25, 0.3) is 0 Å². The Morgan fingerprint density at radius 3 is 2.57 bits per heavy atom. The molecule has 2 aliphatic rings. The lowest BCUT2D eigenvalue weighted by Crippen LogP contribution is -2.37. The Bertz CT molecular complexity index is 578. The third-order valence-electron chi connectivity index (χ3n) is 3.88. The van der Waals surface area contributed by atoms with Crippen molar-refractivity contribution in [2.75, 3.05) is 13.1 Å². The van der Waals surface area contributed by atoms with Crippen molar-refractivity contribution in [3.05, 3.63) is 35.1 Å². The van der Waals surface area contributed by atoms with Crippen LogP contribution in [0.2, 0.25) is 0 Å². The van der Waals surface area contributed by atoms with E-state index in [4.69, 9.17) is 5.73 Å². The molecule has 3 rings (SSSR count). The van der Waals surface area contributed by atoms with Crippen LogP contribution in [0.4, 0.5) is 17.6 Å². The summed E-state index contributed by atoms with van der Waals surface area (Å²) in [6.45, 7) is 0.928. The van der Waals surface area contributed by atoms with Gasteiger partial charge in [-0.3, -0.25) is 4.99 Å². The zero-order valence-electron chi connectivity index (χ0n) is 11.2. The van der Waals surface area contributed by atoms with Crippen molar-refractivity contribution in [3.8, 4) is 0 Å². The van der Waals surface area contributed by atoms with Crippen LogP contribution in [-0.4, -0.2) is 23.9 Å². The molecule has 0 spiro atoms. The molecular formula is C14H15F4N3. The second-order valence-corrected chi connectivity index (χ2v) is 5.58. The quantitative estimate of drug-likeness (QED) is 0.872. The first kappa shape index (κ1) is 14.2. The van der Waals surface area contributed by atoms with Gasteiger partial charge in [0.25, 0.3) is 0 Å². The molecule has 0 amide bonds. The minimum absolute atomic E-state index is 0.263. The van der Waals surface area contributed by atoms with Crippen molar-refractivity contribution >= 4 is 5.96 Å². The Labute approximate surface area is 119 Å². The molecule has 0 bridgehead atoms. The summed E-state index contributed by atoms with van der Waals surface area (Å²) in [5.74, 6) is -0.0589. The fourth-order valence-electron chi connectivity index (χ4n) is 2.58. The van der Waals surface area contributed by atoms with Gasteiger partial charge >= 0.3 is 6.18 Å². The first-order valence-corrected chi connectivity index (χ1v) is 6.79. The number of halogens is 4. The molecule has 1 aromatic rings. The molecule has 114 valence electrons. The van der Waals surface area contributed by atoms with Crippen LogP contribution in [-0.2, 0) is 6.18 Å². The van der Waals surface area contributed by atoms with Gasteiger partial charge in [0.05, 0.1) is 18.2 Å². The monoisotopic (exact) mass is 301 g/mol. The number of hydrogen-bond donors (Lipinski definition) is 1. The Morgan fingerprint density at radius 1 is 1.24 bits per heavy atom. The highest BCUT2D eigenvalue weighted by Crippen LogP contribution is 2.37. The van der Waals surface area contributed by atoms with Gasteiger partial charge in [-0.15, -0.1) is 0 Å². The molecule has 1 aliphatic carbocycles. The van der Waals surface area contributed by atoms with Gasteiger partial charge in [-0.05, 0) is 42.5 Å². The molecule has 1 aliphatic heterocycles. The molecule has 0 aromatic heterocycles. The second kappa shape index (κ2) is 4.89. The SMILES string of the molecule is NC1=NCC(c2cc(F)cc(C(F)(F)F)c2)N1CC1CC1. The maximum atomic E-state index is 13.5. The maximum Gasteiger partial charge on any atom is 0.416 e. The van der Waals surface area contributed by atoms with E-state index in [1.165, 1.54) is 0 Å². The first-order valence-electron chi connectivity index (χ1n) is 6.79. The largest absolute Gasteiger partial charge is 0.416 e. The molecule has 7 heteroatoms. The molecule has 0 radical (unpaired) electrons. The number of hydrogen-bond acceptors (Lipinski definition) is 3. The topological polar surface area (TPSA) is 41.6 Å². The van der Waals surface area contributed by atoms with Crippen molar-refractivity contribution < 1.29 is 17.6 Å². The highest BCUT2D eigenvalue weighted by atomic mass is 19.4. The zero-order valence-corrected chi connectivity index (χ0v) is 11.2. The predicted molar refractivity (Wildman–Crippen MR) is 70.1 cm³/mol. The molecule has 1 heterocycles. The van der Waals surface area contributed by atoms with Crippen molar-refractivity contribution in [3.63, 3.8) is 0 Å². The van der Waals surface area contributed by atoms with E-state index in [-0.39, 0.29) is 12.1 Å². The van der Waals surface area contributed by atoms with Gasteiger partial charge in [0, 0.05) is 6.54 Å². The molecule has 3 nitrogen and oxygen atoms in total. The molecule has 1 atom stereocenters. The average Bonchev–Trinajstić information content (AvgIpc) is 3.12. The van der Waals surface area contributed by atoms with Gasteiger partial charge in [-0.25, -0.2) is 4.39 Å². The minimum Gasteiger partial charge on any atom is -0.370 e. The van der Waals surface area contributed by atoms with E-state index in [1.54, 1.807) is 4.90 Å². The maximum absolute atomic E-state index is 13.5. The third-order valence-corrected chi connectivity index (χ3v) is 3.88. The highest BCUT2D eigenvalue weighted by Gasteiger charge is 2.36. The third kappa shape index (κ3) is 2.96. The summed E-state index contributed by atoms with van der Waals surface area (Å²) in [4.78, 5) is 5.88. The molecule has 2 N–H and O–H groups in total. The summed E-state index contributed by atoms with van der Waals surface area (Å²) in [6.07, 6.45) is -2.38. The number of benzene rings is 1.